The van der Waals surface area contributed by atoms with Crippen LogP contribution in [0.4, 0.5) is 10.2 Å². The minimum Gasteiger partial charge on any atom is -0.385 e. The van der Waals surface area contributed by atoms with E-state index in [0.717, 1.165) is 38.4 Å². The van der Waals surface area contributed by atoms with Crippen LogP contribution in [-0.4, -0.2) is 56.9 Å². The number of aromatic nitrogens is 1. The number of methoxy groups -OCH3 is 1. The van der Waals surface area contributed by atoms with Crippen LogP contribution in [0.2, 0.25) is 0 Å². The molecule has 8 heteroatoms. The van der Waals surface area contributed by atoms with E-state index in [1.54, 1.807) is 19.4 Å². The van der Waals surface area contributed by atoms with E-state index in [-0.39, 0.29) is 35.8 Å². The van der Waals surface area contributed by atoms with E-state index in [1.165, 1.54) is 6.07 Å². The third-order valence-corrected chi connectivity index (χ3v) is 3.69. The molecule has 136 valence electrons. The maximum absolute atomic E-state index is 13.8. The van der Waals surface area contributed by atoms with Crippen molar-refractivity contribution in [3.8, 4) is 0 Å². The highest BCUT2D eigenvalue weighted by Crippen LogP contribution is 2.20. The lowest BCUT2D eigenvalue weighted by Crippen LogP contribution is -2.44. The fraction of sp³-hybridized carbons (Fsp3) is 0.625. The third kappa shape index (κ3) is 6.39. The zero-order chi connectivity index (χ0) is 16.5. The summed E-state index contributed by atoms with van der Waals surface area (Å²) < 4.78 is 18.9. The van der Waals surface area contributed by atoms with Gasteiger partial charge in [-0.3, -0.25) is 4.99 Å². The Balaban J connectivity index is 0.00000288. The number of pyridine rings is 1. The number of nitrogens with zero attached hydrogens (tertiary/aromatic N) is 3. The molecule has 0 saturated carbocycles. The van der Waals surface area contributed by atoms with Crippen molar-refractivity contribution in [1.82, 2.24) is 15.6 Å². The number of halogens is 2. The van der Waals surface area contributed by atoms with Gasteiger partial charge in [0, 0.05) is 52.1 Å². The molecule has 24 heavy (non-hydrogen) atoms. The smallest absolute Gasteiger partial charge is 0.191 e. The van der Waals surface area contributed by atoms with E-state index < -0.39 is 0 Å². The van der Waals surface area contributed by atoms with Crippen LogP contribution in [0, 0.1) is 5.82 Å². The van der Waals surface area contributed by atoms with Gasteiger partial charge in [0.05, 0.1) is 0 Å². The predicted molar refractivity (Wildman–Crippen MR) is 106 cm³/mol. The summed E-state index contributed by atoms with van der Waals surface area (Å²) in [5.74, 6) is 0.962. The average Bonchev–Trinajstić information content (AvgIpc) is 3.00. The quantitative estimate of drug-likeness (QED) is 0.288. The number of nitrogens with one attached hydrogen (secondary N) is 2. The van der Waals surface area contributed by atoms with Crippen molar-refractivity contribution in [2.24, 2.45) is 4.99 Å². The van der Waals surface area contributed by atoms with Crippen molar-refractivity contribution >= 4 is 35.8 Å². The van der Waals surface area contributed by atoms with Gasteiger partial charge in [0.1, 0.15) is 0 Å². The van der Waals surface area contributed by atoms with Crippen LogP contribution >= 0.6 is 24.0 Å². The van der Waals surface area contributed by atoms with Crippen LogP contribution in [0.15, 0.2) is 23.3 Å². The first kappa shape index (κ1) is 20.9. The lowest BCUT2D eigenvalue weighted by atomic mass is 10.3. The molecule has 1 aromatic heterocycles. The van der Waals surface area contributed by atoms with Gasteiger partial charge in [-0.15, -0.1) is 24.0 Å². The molecule has 0 bridgehead atoms. The summed E-state index contributed by atoms with van der Waals surface area (Å²) in [4.78, 5) is 10.7. The predicted octanol–water partition coefficient (Wildman–Crippen LogP) is 2.01. The van der Waals surface area contributed by atoms with Crippen molar-refractivity contribution in [3.05, 3.63) is 24.1 Å². The van der Waals surface area contributed by atoms with Crippen molar-refractivity contribution in [3.63, 3.8) is 0 Å². The largest absolute Gasteiger partial charge is 0.385 e. The molecular formula is C16H27FIN5O. The van der Waals surface area contributed by atoms with Gasteiger partial charge in [0.2, 0.25) is 0 Å². The Morgan fingerprint density at radius 1 is 1.54 bits per heavy atom. The second kappa shape index (κ2) is 11.4. The van der Waals surface area contributed by atoms with Crippen LogP contribution < -0.4 is 15.5 Å². The van der Waals surface area contributed by atoms with Crippen molar-refractivity contribution in [2.45, 2.75) is 25.8 Å². The molecule has 0 aromatic carbocycles. The molecule has 6 nitrogen and oxygen atoms in total. The number of hydrogen-bond donors (Lipinski definition) is 2. The molecule has 1 fully saturated rings. The summed E-state index contributed by atoms with van der Waals surface area (Å²) in [7, 11) is 1.69. The number of aliphatic imine (C=N–C) groups is 1. The molecule has 0 amide bonds. The third-order valence-electron chi connectivity index (χ3n) is 3.69. The van der Waals surface area contributed by atoms with Gasteiger partial charge in [0.15, 0.2) is 17.6 Å². The van der Waals surface area contributed by atoms with Crippen LogP contribution in [-0.2, 0) is 4.74 Å². The van der Waals surface area contributed by atoms with E-state index in [4.69, 9.17) is 4.74 Å². The average molecular weight is 451 g/mol. The summed E-state index contributed by atoms with van der Waals surface area (Å²) in [6, 6.07) is 3.29. The number of rotatable bonds is 7. The molecule has 2 N–H and O–H groups in total. The summed E-state index contributed by atoms with van der Waals surface area (Å²) in [6.07, 6.45) is 3.45. The summed E-state index contributed by atoms with van der Waals surface area (Å²) in [6.45, 7) is 5.77. The van der Waals surface area contributed by atoms with Gasteiger partial charge < -0.3 is 20.3 Å². The van der Waals surface area contributed by atoms with Crippen molar-refractivity contribution < 1.29 is 9.13 Å². The number of hydrogen-bond acceptors (Lipinski definition) is 4. The fourth-order valence-electron chi connectivity index (χ4n) is 2.59. The molecule has 2 rings (SSSR count). The first-order chi connectivity index (χ1) is 11.2. The van der Waals surface area contributed by atoms with E-state index in [2.05, 4.69) is 20.6 Å². The Labute approximate surface area is 160 Å². The first-order valence-electron chi connectivity index (χ1n) is 8.13. The second-order valence-corrected chi connectivity index (χ2v) is 5.49. The Bertz CT molecular complexity index is 517. The lowest BCUT2D eigenvalue weighted by molar-refractivity contribution is 0.197. The van der Waals surface area contributed by atoms with E-state index >= 15 is 0 Å². The van der Waals surface area contributed by atoms with Gasteiger partial charge in [-0.1, -0.05) is 0 Å². The lowest BCUT2D eigenvalue weighted by Gasteiger charge is -2.19. The zero-order valence-electron chi connectivity index (χ0n) is 14.3. The van der Waals surface area contributed by atoms with Crippen LogP contribution in [0.5, 0.6) is 0 Å². The maximum Gasteiger partial charge on any atom is 0.191 e. The molecule has 1 aliphatic rings. The molecule has 1 saturated heterocycles. The Hall–Kier alpha value is -1.16. The van der Waals surface area contributed by atoms with Gasteiger partial charge >= 0.3 is 0 Å². The number of anilines is 1. The van der Waals surface area contributed by atoms with E-state index in [0.29, 0.717) is 19.0 Å². The summed E-state index contributed by atoms with van der Waals surface area (Å²) in [5, 5.41) is 6.66. The van der Waals surface area contributed by atoms with Crippen LogP contribution in [0.3, 0.4) is 0 Å². The zero-order valence-corrected chi connectivity index (χ0v) is 16.6. The highest BCUT2D eigenvalue weighted by Gasteiger charge is 2.25. The van der Waals surface area contributed by atoms with E-state index in [9.17, 15) is 4.39 Å². The highest BCUT2D eigenvalue weighted by atomic mass is 127. The van der Waals surface area contributed by atoms with Gasteiger partial charge in [-0.2, -0.15) is 0 Å². The van der Waals surface area contributed by atoms with Crippen molar-refractivity contribution in [2.75, 3.05) is 44.8 Å². The first-order valence-corrected chi connectivity index (χ1v) is 8.13. The molecule has 1 aliphatic heterocycles. The minimum atomic E-state index is -0.270. The maximum atomic E-state index is 13.8. The summed E-state index contributed by atoms with van der Waals surface area (Å²) >= 11 is 0. The van der Waals surface area contributed by atoms with Crippen LogP contribution in [0.1, 0.15) is 19.8 Å². The van der Waals surface area contributed by atoms with E-state index in [1.807, 2.05) is 11.8 Å². The topological polar surface area (TPSA) is 61.8 Å². The van der Waals surface area contributed by atoms with Gasteiger partial charge in [0.25, 0.3) is 0 Å². The monoisotopic (exact) mass is 451 g/mol. The van der Waals surface area contributed by atoms with Gasteiger partial charge in [-0.25, -0.2) is 9.37 Å². The fourth-order valence-corrected chi connectivity index (χ4v) is 2.59. The molecule has 1 unspecified atom stereocenters. The van der Waals surface area contributed by atoms with Crippen LogP contribution in [0.25, 0.3) is 0 Å². The Kier molecular flexibility index (Phi) is 9.92. The SMILES string of the molecule is CCNC(=NCCCOC)NC1CCN(c2ncccc2F)C1.I. The number of ether oxygens (including phenoxy) is 1. The molecule has 2 heterocycles. The second-order valence-electron chi connectivity index (χ2n) is 5.49. The van der Waals surface area contributed by atoms with Crippen molar-refractivity contribution in [1.29, 1.82) is 0 Å². The van der Waals surface area contributed by atoms with Gasteiger partial charge in [-0.05, 0) is 31.9 Å². The molecule has 0 radical (unpaired) electrons. The molecular weight excluding hydrogens is 424 g/mol. The molecule has 1 atom stereocenters. The highest BCUT2D eigenvalue weighted by molar-refractivity contribution is 14.0. The summed E-state index contributed by atoms with van der Waals surface area (Å²) in [5.41, 5.74) is 0. The standard InChI is InChI=1S/C16H26FN5O.HI/c1-3-18-16(20-9-5-11-23-2)21-13-7-10-22(12-13)15-14(17)6-4-8-19-15;/h4,6,8,13H,3,5,7,9-12H2,1-2H3,(H2,18,20,21);1H. The molecule has 0 aliphatic carbocycles. The minimum absolute atomic E-state index is 0. The Morgan fingerprint density at radius 3 is 3.08 bits per heavy atom. The number of guanidine groups is 1. The normalized spacial score (nSPS) is 17.5. The molecule has 0 spiro atoms. The Morgan fingerprint density at radius 2 is 2.38 bits per heavy atom. The molecule has 1 aromatic rings.